The third-order valence-electron chi connectivity index (χ3n) is 2.91. The van der Waals surface area contributed by atoms with Gasteiger partial charge >= 0.3 is 0 Å². The fraction of sp³-hybridized carbons (Fsp3) is 0.154. The van der Waals surface area contributed by atoms with Crippen LogP contribution in [0.4, 0.5) is 5.69 Å². The van der Waals surface area contributed by atoms with Crippen molar-refractivity contribution in [1.82, 2.24) is 19.9 Å². The highest BCUT2D eigenvalue weighted by molar-refractivity contribution is 7.99. The lowest BCUT2D eigenvalue weighted by molar-refractivity contribution is 0.354. The van der Waals surface area contributed by atoms with E-state index in [9.17, 15) is 0 Å². The van der Waals surface area contributed by atoms with Gasteiger partial charge in [-0.2, -0.15) is 0 Å². The summed E-state index contributed by atoms with van der Waals surface area (Å²) in [5.41, 5.74) is 8.04. The maximum atomic E-state index is 6.06. The van der Waals surface area contributed by atoms with Crippen LogP contribution in [0, 0.1) is 0 Å². The lowest BCUT2D eigenvalue weighted by Crippen LogP contribution is -1.96. The van der Waals surface area contributed by atoms with Crippen LogP contribution in [0.25, 0.3) is 11.2 Å². The second kappa shape index (κ2) is 5.49. The third kappa shape index (κ3) is 2.45. The standard InChI is InChI=1S/C13H13N5O2S/c1-19-8-3-7(14)10(4-9(8)20-2)21-13-11-12(16-5-15-11)17-6-18-13/h3-6H,14H2,1-2H3,(H,15,16,17,18). The van der Waals surface area contributed by atoms with E-state index in [1.807, 2.05) is 6.07 Å². The number of nitrogens with one attached hydrogen (secondary N) is 1. The molecule has 0 spiro atoms. The van der Waals surface area contributed by atoms with Gasteiger partial charge in [-0.1, -0.05) is 11.8 Å². The summed E-state index contributed by atoms with van der Waals surface area (Å²) in [6.45, 7) is 0. The molecule has 3 N–H and O–H groups in total. The number of nitrogens with zero attached hydrogens (tertiary/aromatic N) is 3. The molecule has 1 aromatic carbocycles. The normalized spacial score (nSPS) is 10.8. The molecule has 0 saturated heterocycles. The third-order valence-corrected chi connectivity index (χ3v) is 3.99. The van der Waals surface area contributed by atoms with Crippen LogP contribution in [0.1, 0.15) is 0 Å². The molecule has 3 aromatic rings. The molecule has 2 aromatic heterocycles. The molecule has 21 heavy (non-hydrogen) atoms. The largest absolute Gasteiger partial charge is 0.493 e. The van der Waals surface area contributed by atoms with Gasteiger partial charge < -0.3 is 20.2 Å². The van der Waals surface area contributed by atoms with Crippen LogP contribution in [-0.4, -0.2) is 34.2 Å². The monoisotopic (exact) mass is 303 g/mol. The quantitative estimate of drug-likeness (QED) is 0.562. The number of rotatable bonds is 4. The summed E-state index contributed by atoms with van der Waals surface area (Å²) in [6, 6.07) is 3.55. The Hall–Kier alpha value is -2.48. The average Bonchev–Trinajstić information content (AvgIpc) is 2.98. The van der Waals surface area contributed by atoms with Crippen LogP contribution >= 0.6 is 11.8 Å². The number of hydrogen-bond acceptors (Lipinski definition) is 7. The van der Waals surface area contributed by atoms with Crippen LogP contribution in [0.3, 0.4) is 0 Å². The summed E-state index contributed by atoms with van der Waals surface area (Å²) < 4.78 is 10.5. The molecule has 0 unspecified atom stereocenters. The predicted octanol–water partition coefficient (Wildman–Crippen LogP) is 2.10. The summed E-state index contributed by atoms with van der Waals surface area (Å²) in [4.78, 5) is 16.3. The van der Waals surface area contributed by atoms with E-state index in [4.69, 9.17) is 15.2 Å². The second-order valence-corrected chi connectivity index (χ2v) is 5.16. The van der Waals surface area contributed by atoms with E-state index in [1.54, 1.807) is 26.6 Å². The first-order valence-corrected chi connectivity index (χ1v) is 6.88. The highest BCUT2D eigenvalue weighted by Crippen LogP contribution is 2.40. The minimum atomic E-state index is 0.587. The Balaban J connectivity index is 2.03. The summed E-state index contributed by atoms with van der Waals surface area (Å²) in [5, 5.41) is 0.747. The summed E-state index contributed by atoms with van der Waals surface area (Å²) in [7, 11) is 3.16. The first-order valence-electron chi connectivity index (χ1n) is 6.06. The van der Waals surface area contributed by atoms with Crippen molar-refractivity contribution in [3.8, 4) is 11.5 Å². The first-order chi connectivity index (χ1) is 10.2. The number of methoxy groups -OCH3 is 2. The van der Waals surface area contributed by atoms with Gasteiger partial charge in [0.25, 0.3) is 0 Å². The van der Waals surface area contributed by atoms with Gasteiger partial charge in [-0.15, -0.1) is 0 Å². The van der Waals surface area contributed by atoms with Gasteiger partial charge in [0, 0.05) is 22.7 Å². The van der Waals surface area contributed by atoms with Crippen LogP contribution in [-0.2, 0) is 0 Å². The lowest BCUT2D eigenvalue weighted by atomic mass is 10.3. The Morgan fingerprint density at radius 2 is 1.86 bits per heavy atom. The zero-order valence-electron chi connectivity index (χ0n) is 11.5. The molecular formula is C13H13N5O2S. The maximum Gasteiger partial charge on any atom is 0.181 e. The number of aromatic nitrogens is 4. The zero-order valence-corrected chi connectivity index (χ0v) is 12.3. The van der Waals surface area contributed by atoms with Crippen LogP contribution in [0.15, 0.2) is 34.7 Å². The van der Waals surface area contributed by atoms with Gasteiger partial charge in [-0.25, -0.2) is 15.0 Å². The van der Waals surface area contributed by atoms with Crippen molar-refractivity contribution in [2.75, 3.05) is 20.0 Å². The van der Waals surface area contributed by atoms with Gasteiger partial charge in [0.05, 0.1) is 20.5 Å². The molecule has 7 nitrogen and oxygen atoms in total. The van der Waals surface area contributed by atoms with E-state index in [-0.39, 0.29) is 0 Å². The molecule has 0 atom stereocenters. The van der Waals surface area contributed by atoms with E-state index < -0.39 is 0 Å². The Labute approximate surface area is 124 Å². The van der Waals surface area contributed by atoms with Crippen LogP contribution in [0.2, 0.25) is 0 Å². The number of nitrogens with two attached hydrogens (primary N) is 1. The second-order valence-electron chi connectivity index (χ2n) is 4.13. The molecule has 8 heteroatoms. The highest BCUT2D eigenvalue weighted by Gasteiger charge is 2.13. The summed E-state index contributed by atoms with van der Waals surface area (Å²) in [5.74, 6) is 1.21. The molecule has 0 aliphatic heterocycles. The first kappa shape index (κ1) is 13.5. The Kier molecular flexibility index (Phi) is 3.53. The van der Waals surface area contributed by atoms with Crippen LogP contribution < -0.4 is 15.2 Å². The van der Waals surface area contributed by atoms with Gasteiger partial charge in [0.2, 0.25) is 0 Å². The van der Waals surface area contributed by atoms with Crippen molar-refractivity contribution in [2.24, 2.45) is 0 Å². The van der Waals surface area contributed by atoms with E-state index >= 15 is 0 Å². The molecule has 0 aliphatic carbocycles. The minimum Gasteiger partial charge on any atom is -0.493 e. The number of anilines is 1. The van der Waals surface area contributed by atoms with Crippen molar-refractivity contribution in [1.29, 1.82) is 0 Å². The molecule has 0 radical (unpaired) electrons. The van der Waals surface area contributed by atoms with Crippen molar-refractivity contribution >= 4 is 28.6 Å². The number of fused-ring (bicyclic) bond motifs is 1. The maximum absolute atomic E-state index is 6.06. The molecule has 108 valence electrons. The Morgan fingerprint density at radius 1 is 1.10 bits per heavy atom. The molecule has 0 aliphatic rings. The molecular weight excluding hydrogens is 290 g/mol. The zero-order chi connectivity index (χ0) is 14.8. The predicted molar refractivity (Wildman–Crippen MR) is 79.8 cm³/mol. The number of hydrogen-bond donors (Lipinski definition) is 2. The summed E-state index contributed by atoms with van der Waals surface area (Å²) in [6.07, 6.45) is 3.06. The SMILES string of the molecule is COc1cc(N)c(Sc2ncnc3nc[nH]c23)cc1OC. The molecule has 0 bridgehead atoms. The number of ether oxygens (including phenoxy) is 2. The van der Waals surface area contributed by atoms with E-state index in [2.05, 4.69) is 19.9 Å². The number of H-pyrrole nitrogens is 1. The fourth-order valence-electron chi connectivity index (χ4n) is 1.89. The number of imidazole rings is 1. The van der Waals surface area contributed by atoms with Crippen molar-refractivity contribution in [3.05, 3.63) is 24.8 Å². The van der Waals surface area contributed by atoms with Crippen molar-refractivity contribution < 1.29 is 9.47 Å². The number of benzene rings is 1. The van der Waals surface area contributed by atoms with Crippen molar-refractivity contribution in [2.45, 2.75) is 9.92 Å². The fourth-order valence-corrected chi connectivity index (χ4v) is 2.79. The smallest absolute Gasteiger partial charge is 0.181 e. The van der Waals surface area contributed by atoms with Crippen molar-refractivity contribution in [3.63, 3.8) is 0 Å². The van der Waals surface area contributed by atoms with Crippen LogP contribution in [0.5, 0.6) is 11.5 Å². The topological polar surface area (TPSA) is 98.9 Å². The highest BCUT2D eigenvalue weighted by atomic mass is 32.2. The van der Waals surface area contributed by atoms with E-state index in [1.165, 1.54) is 18.1 Å². The minimum absolute atomic E-state index is 0.587. The Bertz CT molecular complexity index is 789. The van der Waals surface area contributed by atoms with E-state index in [0.717, 1.165) is 15.4 Å². The number of nitrogen functional groups attached to an aromatic ring is 1. The molecule has 0 saturated carbocycles. The van der Waals surface area contributed by atoms with Gasteiger partial charge in [-0.05, 0) is 0 Å². The van der Waals surface area contributed by atoms with E-state index in [0.29, 0.717) is 22.8 Å². The average molecular weight is 303 g/mol. The summed E-state index contributed by atoms with van der Waals surface area (Å²) >= 11 is 1.41. The number of aromatic amines is 1. The van der Waals surface area contributed by atoms with Gasteiger partial charge in [0.15, 0.2) is 17.1 Å². The molecule has 0 amide bonds. The molecule has 2 heterocycles. The lowest BCUT2D eigenvalue weighted by Gasteiger charge is -2.12. The molecule has 3 rings (SSSR count). The van der Waals surface area contributed by atoms with Gasteiger partial charge in [-0.3, -0.25) is 0 Å². The Morgan fingerprint density at radius 3 is 2.62 bits per heavy atom. The molecule has 0 fully saturated rings. The van der Waals surface area contributed by atoms with Gasteiger partial charge in [0.1, 0.15) is 16.9 Å².